The maximum absolute atomic E-state index is 10.2. The summed E-state index contributed by atoms with van der Waals surface area (Å²) in [7, 11) is 0. The van der Waals surface area contributed by atoms with Crippen molar-refractivity contribution in [1.29, 1.82) is 0 Å². The highest BCUT2D eigenvalue weighted by Gasteiger charge is 2.13. The van der Waals surface area contributed by atoms with Crippen molar-refractivity contribution in [2.24, 2.45) is 0 Å². The van der Waals surface area contributed by atoms with Crippen molar-refractivity contribution in [3.63, 3.8) is 0 Å². The third-order valence-electron chi connectivity index (χ3n) is 5.11. The molecule has 0 spiro atoms. The van der Waals surface area contributed by atoms with Gasteiger partial charge in [-0.05, 0) is 28.2 Å². The fourth-order valence-corrected chi connectivity index (χ4v) is 3.47. The minimum Gasteiger partial charge on any atom is -0.503 e. The topological polar surface area (TPSA) is 58.0 Å². The van der Waals surface area contributed by atoms with Crippen LogP contribution in [0.3, 0.4) is 0 Å². The quantitative estimate of drug-likeness (QED) is 0.405. The molecule has 0 atom stereocenters. The van der Waals surface area contributed by atoms with E-state index in [4.69, 9.17) is 0 Å². The lowest BCUT2D eigenvalue weighted by Gasteiger charge is -2.13. The first-order valence-electron chi connectivity index (χ1n) is 10.2. The molecule has 4 rings (SSSR count). The Hall–Kier alpha value is -3.66. The second kappa shape index (κ2) is 8.78. The Morgan fingerprint density at radius 3 is 2.23 bits per heavy atom. The number of anilines is 1. The molecule has 0 unspecified atom stereocenters. The molecule has 30 heavy (non-hydrogen) atoms. The lowest BCUT2D eigenvalue weighted by molar-refractivity contribution is 0.472. The summed E-state index contributed by atoms with van der Waals surface area (Å²) < 4.78 is 0. The zero-order chi connectivity index (χ0) is 20.9. The summed E-state index contributed by atoms with van der Waals surface area (Å²) in [5.74, 6) is 1.45. The summed E-state index contributed by atoms with van der Waals surface area (Å²) in [5.41, 5.74) is 5.65. The Morgan fingerprint density at radius 2 is 1.50 bits per heavy atom. The summed E-state index contributed by atoms with van der Waals surface area (Å²) in [6.07, 6.45) is 1.46. The van der Waals surface area contributed by atoms with Crippen LogP contribution in [0.1, 0.15) is 30.9 Å². The van der Waals surface area contributed by atoms with Gasteiger partial charge < -0.3 is 10.4 Å². The number of rotatable bonds is 6. The van der Waals surface area contributed by atoms with Gasteiger partial charge in [0.15, 0.2) is 17.4 Å². The Morgan fingerprint density at radius 1 is 0.833 bits per heavy atom. The number of aromatic nitrogens is 2. The molecule has 2 N–H and O–H groups in total. The van der Waals surface area contributed by atoms with Crippen LogP contribution in [0.15, 0.2) is 85.1 Å². The van der Waals surface area contributed by atoms with E-state index in [0.29, 0.717) is 24.1 Å². The second-order valence-corrected chi connectivity index (χ2v) is 7.59. The molecule has 1 heterocycles. The van der Waals surface area contributed by atoms with E-state index in [-0.39, 0.29) is 5.75 Å². The van der Waals surface area contributed by atoms with Gasteiger partial charge in [0.2, 0.25) is 0 Å². The van der Waals surface area contributed by atoms with Crippen molar-refractivity contribution in [1.82, 2.24) is 9.97 Å². The minimum atomic E-state index is 0.0432. The van der Waals surface area contributed by atoms with E-state index in [1.807, 2.05) is 36.4 Å². The first-order chi connectivity index (χ1) is 14.6. The monoisotopic (exact) mass is 395 g/mol. The van der Waals surface area contributed by atoms with Gasteiger partial charge in [-0.25, -0.2) is 9.97 Å². The standard InChI is InChI=1S/C26H25N3O/c1-18(2)22-10-6-7-11-23(22)25-28-17-24(30)26(29-25)27-16-19-12-14-21(15-13-19)20-8-4-3-5-9-20/h3-15,17-18,30H,16H2,1-2H3,(H,27,28,29). The fraction of sp³-hybridized carbons (Fsp3) is 0.154. The Kier molecular flexibility index (Phi) is 5.75. The highest BCUT2D eigenvalue weighted by molar-refractivity contribution is 5.65. The smallest absolute Gasteiger partial charge is 0.176 e. The summed E-state index contributed by atoms with van der Waals surface area (Å²) in [6, 6.07) is 26.8. The molecule has 4 aromatic rings. The van der Waals surface area contributed by atoms with E-state index < -0.39 is 0 Å². The number of aromatic hydroxyl groups is 1. The molecule has 0 radical (unpaired) electrons. The average Bonchev–Trinajstić information content (AvgIpc) is 2.79. The largest absolute Gasteiger partial charge is 0.503 e. The van der Waals surface area contributed by atoms with Gasteiger partial charge in [-0.15, -0.1) is 0 Å². The third kappa shape index (κ3) is 4.33. The molecule has 4 nitrogen and oxygen atoms in total. The SMILES string of the molecule is CC(C)c1ccccc1-c1ncc(O)c(NCc2ccc(-c3ccccc3)cc2)n1. The molecule has 4 heteroatoms. The molecule has 3 aromatic carbocycles. The highest BCUT2D eigenvalue weighted by Crippen LogP contribution is 2.30. The Balaban J connectivity index is 1.52. The lowest BCUT2D eigenvalue weighted by Crippen LogP contribution is -2.04. The molecule has 0 saturated heterocycles. The van der Waals surface area contributed by atoms with Crippen molar-refractivity contribution in [3.05, 3.63) is 96.2 Å². The van der Waals surface area contributed by atoms with Crippen molar-refractivity contribution < 1.29 is 5.11 Å². The number of nitrogens with zero attached hydrogens (tertiary/aromatic N) is 2. The molecule has 0 amide bonds. The molecule has 0 fully saturated rings. The first-order valence-corrected chi connectivity index (χ1v) is 10.2. The molecule has 0 aliphatic rings. The predicted octanol–water partition coefficient (Wildman–Crippen LogP) is 6.25. The number of hydrogen-bond acceptors (Lipinski definition) is 4. The molecular weight excluding hydrogens is 370 g/mol. The van der Waals surface area contributed by atoms with Crippen molar-refractivity contribution >= 4 is 5.82 Å². The molecule has 1 aromatic heterocycles. The average molecular weight is 396 g/mol. The van der Waals surface area contributed by atoms with Crippen LogP contribution in [-0.4, -0.2) is 15.1 Å². The summed E-state index contributed by atoms with van der Waals surface area (Å²) in [5, 5.41) is 13.5. The van der Waals surface area contributed by atoms with Gasteiger partial charge in [0.05, 0.1) is 6.20 Å². The van der Waals surface area contributed by atoms with Gasteiger partial charge in [-0.2, -0.15) is 0 Å². The maximum Gasteiger partial charge on any atom is 0.176 e. The number of nitrogens with one attached hydrogen (secondary N) is 1. The van der Waals surface area contributed by atoms with E-state index in [2.05, 4.69) is 71.6 Å². The third-order valence-corrected chi connectivity index (χ3v) is 5.11. The minimum absolute atomic E-state index is 0.0432. The van der Waals surface area contributed by atoms with Gasteiger partial charge in [-0.1, -0.05) is 92.7 Å². The van der Waals surface area contributed by atoms with Gasteiger partial charge in [-0.3, -0.25) is 0 Å². The molecule has 0 aliphatic heterocycles. The van der Waals surface area contributed by atoms with Gasteiger partial charge in [0.25, 0.3) is 0 Å². The van der Waals surface area contributed by atoms with Crippen molar-refractivity contribution in [3.8, 4) is 28.3 Å². The van der Waals surface area contributed by atoms with Crippen molar-refractivity contribution in [2.75, 3.05) is 5.32 Å². The molecule has 0 bridgehead atoms. The van der Waals surface area contributed by atoms with E-state index in [9.17, 15) is 5.11 Å². The summed E-state index contributed by atoms with van der Waals surface area (Å²) in [6.45, 7) is 4.86. The highest BCUT2D eigenvalue weighted by atomic mass is 16.3. The van der Waals surface area contributed by atoms with Gasteiger partial charge in [0.1, 0.15) is 0 Å². The zero-order valence-corrected chi connectivity index (χ0v) is 17.2. The van der Waals surface area contributed by atoms with E-state index in [0.717, 1.165) is 11.1 Å². The van der Waals surface area contributed by atoms with Gasteiger partial charge in [0, 0.05) is 12.1 Å². The summed E-state index contributed by atoms with van der Waals surface area (Å²) >= 11 is 0. The Bertz CT molecular complexity index is 1120. The Labute approximate surface area is 177 Å². The van der Waals surface area contributed by atoms with Gasteiger partial charge >= 0.3 is 0 Å². The van der Waals surface area contributed by atoms with Crippen LogP contribution >= 0.6 is 0 Å². The van der Waals surface area contributed by atoms with E-state index in [1.165, 1.54) is 22.9 Å². The zero-order valence-electron chi connectivity index (χ0n) is 17.2. The van der Waals surface area contributed by atoms with Crippen LogP contribution in [0.4, 0.5) is 5.82 Å². The summed E-state index contributed by atoms with van der Waals surface area (Å²) in [4.78, 5) is 8.94. The second-order valence-electron chi connectivity index (χ2n) is 7.59. The fourth-order valence-electron chi connectivity index (χ4n) is 3.47. The van der Waals surface area contributed by atoms with E-state index in [1.54, 1.807) is 0 Å². The van der Waals surface area contributed by atoms with Crippen LogP contribution < -0.4 is 5.32 Å². The molecular formula is C26H25N3O. The maximum atomic E-state index is 10.2. The number of benzene rings is 3. The normalized spacial score (nSPS) is 10.9. The van der Waals surface area contributed by atoms with Crippen LogP contribution in [0.2, 0.25) is 0 Å². The van der Waals surface area contributed by atoms with Crippen LogP contribution in [-0.2, 0) is 6.54 Å². The van der Waals surface area contributed by atoms with Crippen molar-refractivity contribution in [2.45, 2.75) is 26.3 Å². The van der Waals surface area contributed by atoms with Crippen LogP contribution in [0, 0.1) is 0 Å². The first kappa shape index (κ1) is 19.6. The van der Waals surface area contributed by atoms with Crippen LogP contribution in [0.5, 0.6) is 5.75 Å². The van der Waals surface area contributed by atoms with E-state index >= 15 is 0 Å². The number of hydrogen-bond donors (Lipinski definition) is 2. The molecule has 0 saturated carbocycles. The van der Waals surface area contributed by atoms with Crippen LogP contribution in [0.25, 0.3) is 22.5 Å². The predicted molar refractivity (Wildman–Crippen MR) is 122 cm³/mol. The lowest BCUT2D eigenvalue weighted by atomic mass is 9.97. The molecule has 150 valence electrons. The molecule has 0 aliphatic carbocycles.